The number of nitrogens with two attached hydrogens (primary N) is 1. The zero-order valence-electron chi connectivity index (χ0n) is 12.3. The molecule has 21 heavy (non-hydrogen) atoms. The zero-order valence-corrected chi connectivity index (χ0v) is 13.1. The summed E-state index contributed by atoms with van der Waals surface area (Å²) in [4.78, 5) is 2.28. The van der Waals surface area contributed by atoms with Gasteiger partial charge in [-0.15, -0.1) is 11.3 Å². The van der Waals surface area contributed by atoms with Crippen LogP contribution in [0.25, 0.3) is 0 Å². The molecule has 110 valence electrons. The van der Waals surface area contributed by atoms with Gasteiger partial charge in [-0.1, -0.05) is 0 Å². The van der Waals surface area contributed by atoms with Crippen LogP contribution in [0.1, 0.15) is 28.3 Å². The first-order valence-corrected chi connectivity index (χ1v) is 7.43. The molecule has 2 unspecified atom stereocenters. The Morgan fingerprint density at radius 1 is 1.24 bits per heavy atom. The smallest absolute Gasteiger partial charge is 0.148 e. The first kappa shape index (κ1) is 15.4. The molecule has 2 aromatic rings. The lowest BCUT2D eigenvalue weighted by Crippen LogP contribution is -2.28. The Bertz CT molecular complexity index is 659. The van der Waals surface area contributed by atoms with Gasteiger partial charge in [-0.25, -0.2) is 0 Å². The van der Waals surface area contributed by atoms with E-state index in [2.05, 4.69) is 6.07 Å². The summed E-state index contributed by atoms with van der Waals surface area (Å²) >= 11 is 1.66. The molecule has 1 aromatic carbocycles. The van der Waals surface area contributed by atoms with Crippen molar-refractivity contribution in [1.29, 1.82) is 5.26 Å². The minimum atomic E-state index is -0.248. The van der Waals surface area contributed by atoms with E-state index in [4.69, 9.17) is 20.5 Å². The normalized spacial score (nSPS) is 13.3. The number of nitrogens with zero attached hydrogens (tertiary/aromatic N) is 1. The van der Waals surface area contributed by atoms with E-state index in [1.807, 2.05) is 26.0 Å². The number of hydrogen-bond acceptors (Lipinski definition) is 5. The van der Waals surface area contributed by atoms with E-state index >= 15 is 0 Å². The van der Waals surface area contributed by atoms with E-state index in [1.165, 1.54) is 4.88 Å². The van der Waals surface area contributed by atoms with Gasteiger partial charge in [0.15, 0.2) is 0 Å². The van der Waals surface area contributed by atoms with Crippen LogP contribution in [0.15, 0.2) is 30.3 Å². The van der Waals surface area contributed by atoms with Crippen molar-refractivity contribution in [2.75, 3.05) is 7.11 Å². The van der Waals surface area contributed by atoms with Crippen molar-refractivity contribution < 1.29 is 9.47 Å². The second kappa shape index (κ2) is 6.61. The second-order valence-electron chi connectivity index (χ2n) is 4.86. The third kappa shape index (κ3) is 3.75. The predicted octanol–water partition coefficient (Wildman–Crippen LogP) is 3.40. The Morgan fingerprint density at radius 2 is 1.95 bits per heavy atom. The average Bonchev–Trinajstić information content (AvgIpc) is 2.90. The van der Waals surface area contributed by atoms with Crippen molar-refractivity contribution in [2.24, 2.45) is 5.73 Å². The Morgan fingerprint density at radius 3 is 2.48 bits per heavy atom. The molecule has 4 nitrogen and oxygen atoms in total. The fourth-order valence-corrected chi connectivity index (χ4v) is 3.02. The maximum atomic E-state index is 9.06. The molecule has 0 aliphatic rings. The summed E-state index contributed by atoms with van der Waals surface area (Å²) in [5, 5.41) is 9.06. The quantitative estimate of drug-likeness (QED) is 0.919. The Balaban J connectivity index is 2.31. The van der Waals surface area contributed by atoms with E-state index < -0.39 is 0 Å². The molecule has 0 fully saturated rings. The van der Waals surface area contributed by atoms with Gasteiger partial charge in [0.1, 0.15) is 17.6 Å². The van der Waals surface area contributed by atoms with Crippen LogP contribution < -0.4 is 15.2 Å². The van der Waals surface area contributed by atoms with Crippen molar-refractivity contribution in [3.63, 3.8) is 0 Å². The number of benzene rings is 1. The molecule has 0 spiro atoms. The summed E-state index contributed by atoms with van der Waals surface area (Å²) in [6.45, 7) is 3.96. The van der Waals surface area contributed by atoms with Crippen LogP contribution >= 0.6 is 11.3 Å². The molecule has 2 rings (SSSR count). The fourth-order valence-electron chi connectivity index (χ4n) is 2.00. The topological polar surface area (TPSA) is 68.3 Å². The third-order valence-corrected chi connectivity index (χ3v) is 4.09. The molecule has 2 atom stereocenters. The number of hydrogen-bond donors (Lipinski definition) is 1. The summed E-state index contributed by atoms with van der Waals surface area (Å²) in [6, 6.07) is 11.1. The second-order valence-corrected chi connectivity index (χ2v) is 6.17. The van der Waals surface area contributed by atoms with E-state index in [9.17, 15) is 0 Å². The molecular formula is C16H18N2O2S. The lowest BCUT2D eigenvalue weighted by atomic mass is 10.1. The highest BCUT2D eigenvalue weighted by atomic mass is 32.1. The molecule has 1 aromatic heterocycles. The number of thiophene rings is 1. The Labute approximate surface area is 128 Å². The van der Waals surface area contributed by atoms with Crippen LogP contribution in [0.2, 0.25) is 0 Å². The van der Waals surface area contributed by atoms with Crippen LogP contribution in [0, 0.1) is 18.3 Å². The van der Waals surface area contributed by atoms with Crippen molar-refractivity contribution in [3.8, 4) is 17.6 Å². The highest BCUT2D eigenvalue weighted by molar-refractivity contribution is 7.12. The maximum Gasteiger partial charge on any atom is 0.148 e. The lowest BCUT2D eigenvalue weighted by molar-refractivity contribution is 0.183. The monoisotopic (exact) mass is 302 g/mol. The van der Waals surface area contributed by atoms with Crippen molar-refractivity contribution in [1.82, 2.24) is 0 Å². The molecule has 0 saturated heterocycles. The molecule has 0 radical (unpaired) electrons. The molecule has 0 saturated carbocycles. The number of nitriles is 1. The molecule has 0 aliphatic heterocycles. The third-order valence-electron chi connectivity index (χ3n) is 3.03. The maximum absolute atomic E-state index is 9.06. The van der Waals surface area contributed by atoms with E-state index in [-0.39, 0.29) is 12.1 Å². The zero-order chi connectivity index (χ0) is 15.4. The minimum Gasteiger partial charge on any atom is -0.497 e. The number of ether oxygens (including phenoxy) is 2. The Hall–Kier alpha value is -2.03. The summed E-state index contributed by atoms with van der Waals surface area (Å²) in [6.07, 6.45) is -0.248. The van der Waals surface area contributed by atoms with E-state index in [0.717, 1.165) is 4.88 Å². The highest BCUT2D eigenvalue weighted by Crippen LogP contribution is 2.31. The minimum absolute atomic E-state index is 0.167. The van der Waals surface area contributed by atoms with Crippen molar-refractivity contribution >= 4 is 11.3 Å². The standard InChI is InChI=1S/C16H18N2O2S/c1-10-4-5-15(21-10)16(11(2)18)20-14-7-12(9-17)6-13(8-14)19-3/h4-8,11,16H,18H2,1-3H3. The number of aryl methyl sites for hydroxylation is 1. The summed E-state index contributed by atoms with van der Waals surface area (Å²) in [5.41, 5.74) is 6.55. The lowest BCUT2D eigenvalue weighted by Gasteiger charge is -2.22. The largest absolute Gasteiger partial charge is 0.497 e. The molecule has 2 N–H and O–H groups in total. The van der Waals surface area contributed by atoms with Gasteiger partial charge in [0, 0.05) is 21.9 Å². The highest BCUT2D eigenvalue weighted by Gasteiger charge is 2.20. The van der Waals surface area contributed by atoms with Crippen LogP contribution in [0.5, 0.6) is 11.5 Å². The average molecular weight is 302 g/mol. The van der Waals surface area contributed by atoms with E-state index in [1.54, 1.807) is 36.6 Å². The number of methoxy groups -OCH3 is 1. The van der Waals surface area contributed by atoms with Gasteiger partial charge in [0.2, 0.25) is 0 Å². The van der Waals surface area contributed by atoms with Gasteiger partial charge in [0.25, 0.3) is 0 Å². The number of rotatable bonds is 5. The molecular weight excluding hydrogens is 284 g/mol. The van der Waals surface area contributed by atoms with Gasteiger partial charge in [-0.05, 0) is 38.1 Å². The van der Waals surface area contributed by atoms with Gasteiger partial charge >= 0.3 is 0 Å². The van der Waals surface area contributed by atoms with Gasteiger partial charge < -0.3 is 15.2 Å². The summed E-state index contributed by atoms with van der Waals surface area (Å²) in [7, 11) is 1.56. The van der Waals surface area contributed by atoms with Crippen molar-refractivity contribution in [2.45, 2.75) is 26.0 Å². The van der Waals surface area contributed by atoms with Crippen molar-refractivity contribution in [3.05, 3.63) is 45.6 Å². The van der Waals surface area contributed by atoms with E-state index in [0.29, 0.717) is 17.1 Å². The van der Waals surface area contributed by atoms with Crippen LogP contribution in [-0.2, 0) is 0 Å². The molecule has 5 heteroatoms. The van der Waals surface area contributed by atoms with Crippen LogP contribution in [0.3, 0.4) is 0 Å². The first-order chi connectivity index (χ1) is 10.0. The fraction of sp³-hybridized carbons (Fsp3) is 0.312. The van der Waals surface area contributed by atoms with Crippen LogP contribution in [-0.4, -0.2) is 13.2 Å². The van der Waals surface area contributed by atoms with Gasteiger partial charge in [-0.3, -0.25) is 0 Å². The first-order valence-electron chi connectivity index (χ1n) is 6.61. The summed E-state index contributed by atoms with van der Waals surface area (Å²) in [5.74, 6) is 1.18. The van der Waals surface area contributed by atoms with Gasteiger partial charge in [-0.2, -0.15) is 5.26 Å². The van der Waals surface area contributed by atoms with Gasteiger partial charge in [0.05, 0.1) is 18.7 Å². The molecule has 1 heterocycles. The SMILES string of the molecule is COc1cc(C#N)cc(OC(c2ccc(C)s2)C(C)N)c1. The summed E-state index contributed by atoms with van der Waals surface area (Å²) < 4.78 is 11.2. The van der Waals surface area contributed by atoms with Crippen LogP contribution in [0.4, 0.5) is 0 Å². The Kier molecular flexibility index (Phi) is 4.84. The molecule has 0 bridgehead atoms. The molecule has 0 aliphatic carbocycles. The predicted molar refractivity (Wildman–Crippen MR) is 83.8 cm³/mol. The molecule has 0 amide bonds.